The first-order valence-corrected chi connectivity index (χ1v) is 11.1. The van der Waals surface area contributed by atoms with Crippen LogP contribution < -0.4 is 10.1 Å². The van der Waals surface area contributed by atoms with Crippen LogP contribution >= 0.6 is 11.3 Å². The molecule has 4 rings (SSSR count). The van der Waals surface area contributed by atoms with Crippen molar-refractivity contribution in [2.24, 2.45) is 7.05 Å². The average molecular weight is 451 g/mol. The Bertz CT molecular complexity index is 1190. The van der Waals surface area contributed by atoms with E-state index >= 15 is 0 Å². The van der Waals surface area contributed by atoms with Crippen LogP contribution in [0.25, 0.3) is 10.6 Å². The van der Waals surface area contributed by atoms with Gasteiger partial charge in [-0.25, -0.2) is 14.4 Å². The van der Waals surface area contributed by atoms with E-state index in [1.54, 1.807) is 18.3 Å². The van der Waals surface area contributed by atoms with Crippen LogP contribution in [0.4, 0.5) is 4.39 Å². The van der Waals surface area contributed by atoms with Gasteiger partial charge in [-0.05, 0) is 48.9 Å². The van der Waals surface area contributed by atoms with Crippen molar-refractivity contribution in [1.29, 1.82) is 0 Å². The zero-order chi connectivity index (χ0) is 22.5. The summed E-state index contributed by atoms with van der Waals surface area (Å²) in [4.78, 5) is 21.8. The van der Waals surface area contributed by atoms with Crippen molar-refractivity contribution in [3.05, 3.63) is 89.2 Å². The smallest absolute Gasteiger partial charge is 0.226 e. The predicted octanol–water partition coefficient (Wildman–Crippen LogP) is 4.53. The highest BCUT2D eigenvalue weighted by molar-refractivity contribution is 7.13. The van der Waals surface area contributed by atoms with Gasteiger partial charge in [0.2, 0.25) is 5.91 Å². The molecule has 0 aliphatic rings. The Morgan fingerprint density at radius 1 is 1.19 bits per heavy atom. The summed E-state index contributed by atoms with van der Waals surface area (Å²) >= 11 is 1.49. The van der Waals surface area contributed by atoms with Gasteiger partial charge in [-0.3, -0.25) is 4.79 Å². The number of hydrogen-bond acceptors (Lipinski definition) is 5. The van der Waals surface area contributed by atoms with Gasteiger partial charge in [-0.2, -0.15) is 0 Å². The molecule has 0 aliphatic carbocycles. The van der Waals surface area contributed by atoms with Gasteiger partial charge >= 0.3 is 0 Å². The molecule has 8 heteroatoms. The maximum atomic E-state index is 13.4. The average Bonchev–Trinajstić information content (AvgIpc) is 3.42. The molecule has 32 heavy (non-hydrogen) atoms. The van der Waals surface area contributed by atoms with Crippen LogP contribution in [-0.2, 0) is 18.3 Å². The second-order valence-corrected chi connectivity index (χ2v) is 8.08. The Balaban J connectivity index is 1.48. The van der Waals surface area contributed by atoms with Crippen molar-refractivity contribution in [3.8, 4) is 16.3 Å². The maximum absolute atomic E-state index is 13.4. The first kappa shape index (κ1) is 21.7. The summed E-state index contributed by atoms with van der Waals surface area (Å²) in [6.45, 7) is 2.56. The van der Waals surface area contributed by atoms with Crippen LogP contribution in [0.15, 0.2) is 66.3 Å². The molecule has 1 atom stereocenters. The summed E-state index contributed by atoms with van der Waals surface area (Å²) in [5.74, 6) is 0.959. The van der Waals surface area contributed by atoms with E-state index in [-0.39, 0.29) is 18.1 Å². The number of nitrogens with one attached hydrogen (secondary N) is 1. The second kappa shape index (κ2) is 9.74. The fourth-order valence-corrected chi connectivity index (χ4v) is 4.19. The molecule has 0 spiro atoms. The van der Waals surface area contributed by atoms with Gasteiger partial charge in [0.25, 0.3) is 0 Å². The van der Waals surface area contributed by atoms with E-state index in [1.165, 1.54) is 23.5 Å². The number of rotatable bonds is 8. The fourth-order valence-electron chi connectivity index (χ4n) is 3.37. The van der Waals surface area contributed by atoms with Crippen molar-refractivity contribution >= 4 is 17.2 Å². The van der Waals surface area contributed by atoms with Crippen molar-refractivity contribution < 1.29 is 13.9 Å². The minimum Gasteiger partial charge on any atom is -0.494 e. The molecular weight excluding hydrogens is 427 g/mol. The molecule has 2 aromatic heterocycles. The lowest BCUT2D eigenvalue weighted by Crippen LogP contribution is -2.32. The molecule has 4 aromatic rings. The van der Waals surface area contributed by atoms with E-state index in [2.05, 4.69) is 15.3 Å². The fraction of sp³-hybridized carbons (Fsp3) is 0.208. The molecule has 0 saturated carbocycles. The second-order valence-electron chi connectivity index (χ2n) is 7.23. The predicted molar refractivity (Wildman–Crippen MR) is 122 cm³/mol. The van der Waals surface area contributed by atoms with Crippen molar-refractivity contribution in [2.45, 2.75) is 19.4 Å². The summed E-state index contributed by atoms with van der Waals surface area (Å²) in [6.07, 6.45) is 3.61. The molecule has 0 bridgehead atoms. The normalized spacial score (nSPS) is 11.8. The van der Waals surface area contributed by atoms with E-state index in [0.717, 1.165) is 21.9 Å². The molecule has 1 N–H and O–H groups in total. The van der Waals surface area contributed by atoms with Crippen LogP contribution in [0.2, 0.25) is 0 Å². The first-order valence-electron chi connectivity index (χ1n) is 10.2. The number of aryl methyl sites for hydroxylation is 1. The third kappa shape index (κ3) is 5.03. The molecule has 2 aromatic carbocycles. The van der Waals surface area contributed by atoms with Gasteiger partial charge in [0, 0.05) is 30.4 Å². The van der Waals surface area contributed by atoms with Crippen LogP contribution in [0.5, 0.6) is 5.75 Å². The highest BCUT2D eigenvalue weighted by Crippen LogP contribution is 2.26. The monoisotopic (exact) mass is 450 g/mol. The summed E-state index contributed by atoms with van der Waals surface area (Å²) in [5.41, 5.74) is 2.42. The lowest BCUT2D eigenvalue weighted by atomic mass is 10.1. The van der Waals surface area contributed by atoms with Crippen LogP contribution in [0, 0.1) is 5.82 Å². The van der Waals surface area contributed by atoms with Crippen LogP contribution in [-0.4, -0.2) is 27.0 Å². The lowest BCUT2D eigenvalue weighted by Gasteiger charge is -2.19. The summed E-state index contributed by atoms with van der Waals surface area (Å²) < 4.78 is 20.7. The molecule has 1 unspecified atom stereocenters. The number of thiazole rings is 1. The van der Waals surface area contributed by atoms with Gasteiger partial charge in [0.05, 0.1) is 18.7 Å². The third-order valence-corrected chi connectivity index (χ3v) is 5.87. The van der Waals surface area contributed by atoms with E-state index in [0.29, 0.717) is 18.1 Å². The SMILES string of the molecule is CCOc1ccc(-c2nc(CC(=O)NC(c3ccc(F)cc3)c3nccn3C)cs2)cc1. The lowest BCUT2D eigenvalue weighted by molar-refractivity contribution is -0.121. The number of halogens is 1. The Kier molecular flexibility index (Phi) is 6.61. The Labute approximate surface area is 189 Å². The highest BCUT2D eigenvalue weighted by Gasteiger charge is 2.21. The van der Waals surface area contributed by atoms with E-state index in [1.807, 2.05) is 54.4 Å². The van der Waals surface area contributed by atoms with Gasteiger partial charge in [-0.1, -0.05) is 12.1 Å². The summed E-state index contributed by atoms with van der Waals surface area (Å²) in [7, 11) is 1.86. The van der Waals surface area contributed by atoms with Gasteiger partial charge in [-0.15, -0.1) is 11.3 Å². The molecule has 2 heterocycles. The molecule has 164 valence electrons. The molecule has 1 amide bonds. The standard InChI is InChI=1S/C24H23FN4O2S/c1-3-31-20-10-6-17(7-11-20)24-27-19(15-32-24)14-21(30)28-22(23-26-12-13-29(23)2)16-4-8-18(25)9-5-16/h4-13,15,22H,3,14H2,1-2H3,(H,28,30). The molecule has 0 fully saturated rings. The largest absolute Gasteiger partial charge is 0.494 e. The Morgan fingerprint density at radius 3 is 2.59 bits per heavy atom. The van der Waals surface area contributed by atoms with Gasteiger partial charge < -0.3 is 14.6 Å². The molecule has 0 saturated heterocycles. The van der Waals surface area contributed by atoms with E-state index < -0.39 is 6.04 Å². The van der Waals surface area contributed by atoms with Gasteiger partial charge in [0.15, 0.2) is 0 Å². The topological polar surface area (TPSA) is 69.0 Å². The minimum absolute atomic E-state index is 0.135. The van der Waals surface area contributed by atoms with Crippen LogP contribution in [0.3, 0.4) is 0 Å². The Morgan fingerprint density at radius 2 is 1.94 bits per heavy atom. The Hall–Kier alpha value is -3.52. The number of hydrogen-bond donors (Lipinski definition) is 1. The summed E-state index contributed by atoms with van der Waals surface area (Å²) in [5, 5.41) is 5.75. The molecular formula is C24H23FN4O2S. The summed E-state index contributed by atoms with van der Waals surface area (Å²) in [6, 6.07) is 13.3. The first-order chi connectivity index (χ1) is 15.5. The highest BCUT2D eigenvalue weighted by atomic mass is 32.1. The van der Waals surface area contributed by atoms with E-state index in [9.17, 15) is 9.18 Å². The van der Waals surface area contributed by atoms with Crippen molar-refractivity contribution in [3.63, 3.8) is 0 Å². The van der Waals surface area contributed by atoms with Crippen molar-refractivity contribution in [1.82, 2.24) is 19.9 Å². The molecule has 0 aliphatic heterocycles. The molecule has 0 radical (unpaired) electrons. The molecule has 6 nitrogen and oxygen atoms in total. The number of imidazole rings is 1. The number of carbonyl (C=O) groups is 1. The van der Waals surface area contributed by atoms with Crippen molar-refractivity contribution in [2.75, 3.05) is 6.61 Å². The quantitative estimate of drug-likeness (QED) is 0.428. The zero-order valence-electron chi connectivity index (χ0n) is 17.8. The minimum atomic E-state index is -0.493. The van der Waals surface area contributed by atoms with Gasteiger partial charge in [0.1, 0.15) is 28.4 Å². The number of ether oxygens (including phenoxy) is 1. The number of aromatic nitrogens is 3. The number of nitrogens with zero attached hydrogens (tertiary/aromatic N) is 3. The number of carbonyl (C=O) groups excluding carboxylic acids is 1. The third-order valence-electron chi connectivity index (χ3n) is 4.93. The van der Waals surface area contributed by atoms with Crippen LogP contribution in [0.1, 0.15) is 30.0 Å². The zero-order valence-corrected chi connectivity index (χ0v) is 18.6. The number of amides is 1. The number of benzene rings is 2. The maximum Gasteiger partial charge on any atom is 0.226 e. The van der Waals surface area contributed by atoms with E-state index in [4.69, 9.17) is 4.74 Å².